The van der Waals surface area contributed by atoms with Gasteiger partial charge in [-0.1, -0.05) is 18.2 Å². The fourth-order valence-corrected chi connectivity index (χ4v) is 2.91. The molecule has 1 saturated heterocycles. The molecule has 6 heteroatoms. The molecule has 0 aromatic heterocycles. The van der Waals surface area contributed by atoms with Gasteiger partial charge < -0.3 is 19.7 Å². The van der Waals surface area contributed by atoms with E-state index in [4.69, 9.17) is 14.5 Å². The molecule has 0 amide bonds. The van der Waals surface area contributed by atoms with Gasteiger partial charge in [0.2, 0.25) is 0 Å². The van der Waals surface area contributed by atoms with Crippen molar-refractivity contribution in [3.05, 3.63) is 29.8 Å². The van der Waals surface area contributed by atoms with Crippen molar-refractivity contribution < 1.29 is 9.47 Å². The zero-order valence-electron chi connectivity index (χ0n) is 15.0. The summed E-state index contributed by atoms with van der Waals surface area (Å²) in [7, 11) is 1.77. The summed E-state index contributed by atoms with van der Waals surface area (Å²) in [4.78, 5) is 7.14. The highest BCUT2D eigenvalue weighted by Crippen LogP contribution is 2.20. The maximum atomic E-state index is 5.68. The lowest BCUT2D eigenvalue weighted by molar-refractivity contribution is 0.157. The Kier molecular flexibility index (Phi) is 10.1. The Balaban J connectivity index is 0.00000288. The summed E-state index contributed by atoms with van der Waals surface area (Å²) >= 11 is 0. The molecule has 1 aromatic rings. The van der Waals surface area contributed by atoms with Crippen molar-refractivity contribution >= 4 is 29.9 Å². The molecule has 1 heterocycles. The predicted molar refractivity (Wildman–Crippen MR) is 109 cm³/mol. The molecule has 2 rings (SSSR count). The second-order valence-corrected chi connectivity index (χ2v) is 5.77. The molecule has 1 fully saturated rings. The third kappa shape index (κ3) is 6.12. The van der Waals surface area contributed by atoms with Crippen LogP contribution in [0.1, 0.15) is 25.8 Å². The molecule has 1 unspecified atom stereocenters. The van der Waals surface area contributed by atoms with Crippen molar-refractivity contribution in [2.75, 3.05) is 40.0 Å². The number of nitrogens with one attached hydrogen (secondary N) is 1. The highest BCUT2D eigenvalue weighted by Gasteiger charge is 2.24. The Morgan fingerprint density at radius 1 is 1.33 bits per heavy atom. The minimum absolute atomic E-state index is 0. The number of para-hydroxylation sites is 1. The Hall–Kier alpha value is -1.02. The van der Waals surface area contributed by atoms with Gasteiger partial charge in [0.15, 0.2) is 5.96 Å². The van der Waals surface area contributed by atoms with E-state index < -0.39 is 0 Å². The monoisotopic (exact) mass is 447 g/mol. The van der Waals surface area contributed by atoms with E-state index in [9.17, 15) is 0 Å². The third-order valence-electron chi connectivity index (χ3n) is 3.99. The number of rotatable bonds is 7. The van der Waals surface area contributed by atoms with E-state index in [1.54, 1.807) is 7.11 Å². The number of aliphatic imine (C=N–C) groups is 1. The Labute approximate surface area is 162 Å². The number of methoxy groups -OCH3 is 1. The molecule has 0 saturated carbocycles. The van der Waals surface area contributed by atoms with Crippen molar-refractivity contribution in [1.82, 2.24) is 10.2 Å². The van der Waals surface area contributed by atoms with Crippen molar-refractivity contribution in [3.8, 4) is 5.75 Å². The maximum absolute atomic E-state index is 5.68. The lowest BCUT2D eigenvalue weighted by Crippen LogP contribution is -2.40. The maximum Gasteiger partial charge on any atom is 0.194 e. The molecule has 1 aliphatic rings. The van der Waals surface area contributed by atoms with Crippen LogP contribution in [-0.4, -0.2) is 50.8 Å². The summed E-state index contributed by atoms with van der Waals surface area (Å²) in [6.45, 7) is 9.15. The van der Waals surface area contributed by atoms with Crippen LogP contribution in [0, 0.1) is 5.92 Å². The average molecular weight is 447 g/mol. The quantitative estimate of drug-likeness (QED) is 0.397. The smallest absolute Gasteiger partial charge is 0.194 e. The molecule has 0 bridgehead atoms. The van der Waals surface area contributed by atoms with Crippen molar-refractivity contribution in [1.29, 1.82) is 0 Å². The molecule has 0 aliphatic carbocycles. The van der Waals surface area contributed by atoms with Gasteiger partial charge in [-0.05, 0) is 26.3 Å². The van der Waals surface area contributed by atoms with Gasteiger partial charge in [0, 0.05) is 38.2 Å². The normalized spacial score (nSPS) is 17.5. The molecule has 1 atom stereocenters. The van der Waals surface area contributed by atoms with E-state index in [0.717, 1.165) is 49.9 Å². The van der Waals surface area contributed by atoms with Crippen LogP contribution in [0.2, 0.25) is 0 Å². The summed E-state index contributed by atoms with van der Waals surface area (Å²) in [6.07, 6.45) is 1.16. The van der Waals surface area contributed by atoms with Gasteiger partial charge in [0.1, 0.15) is 5.75 Å². The van der Waals surface area contributed by atoms with Crippen molar-refractivity contribution in [2.45, 2.75) is 26.8 Å². The number of halogens is 1. The van der Waals surface area contributed by atoms with Crippen LogP contribution >= 0.6 is 24.0 Å². The van der Waals surface area contributed by atoms with E-state index in [1.165, 1.54) is 0 Å². The van der Waals surface area contributed by atoms with Gasteiger partial charge in [0.05, 0.1) is 19.8 Å². The largest absolute Gasteiger partial charge is 0.494 e. The van der Waals surface area contributed by atoms with E-state index in [0.29, 0.717) is 19.1 Å². The van der Waals surface area contributed by atoms with Crippen molar-refractivity contribution in [3.63, 3.8) is 0 Å². The first-order valence-electron chi connectivity index (χ1n) is 8.51. The standard InChI is InChI=1S/C18H29N3O2.HI/c1-4-19-18(21-11-10-15(13-21)14-22-3)20-12-16-8-6-7-9-17(16)23-5-2;/h6-9,15H,4-5,10-14H2,1-3H3,(H,19,20);1H. The van der Waals surface area contributed by atoms with Gasteiger partial charge in [-0.3, -0.25) is 0 Å². The molecule has 0 radical (unpaired) electrons. The lowest BCUT2D eigenvalue weighted by Gasteiger charge is -2.21. The molecular formula is C18H30IN3O2. The first-order valence-corrected chi connectivity index (χ1v) is 8.51. The Bertz CT molecular complexity index is 511. The zero-order chi connectivity index (χ0) is 16.5. The number of nitrogens with zero attached hydrogens (tertiary/aromatic N) is 2. The first kappa shape index (κ1) is 21.0. The van der Waals surface area contributed by atoms with E-state index in [-0.39, 0.29) is 24.0 Å². The van der Waals surface area contributed by atoms with Crippen LogP contribution in [0.15, 0.2) is 29.3 Å². The third-order valence-corrected chi connectivity index (χ3v) is 3.99. The molecular weight excluding hydrogens is 417 g/mol. The zero-order valence-corrected chi connectivity index (χ0v) is 17.3. The number of hydrogen-bond acceptors (Lipinski definition) is 3. The minimum atomic E-state index is 0. The van der Waals surface area contributed by atoms with Gasteiger partial charge in [-0.2, -0.15) is 0 Å². The molecule has 136 valence electrons. The Morgan fingerprint density at radius 3 is 2.83 bits per heavy atom. The SMILES string of the molecule is CCNC(=NCc1ccccc1OCC)N1CCC(COC)C1.I. The average Bonchev–Trinajstić information content (AvgIpc) is 3.02. The van der Waals surface area contributed by atoms with Gasteiger partial charge in [-0.15, -0.1) is 24.0 Å². The highest BCUT2D eigenvalue weighted by molar-refractivity contribution is 14.0. The van der Waals surface area contributed by atoms with Crippen molar-refractivity contribution in [2.24, 2.45) is 10.9 Å². The fourth-order valence-electron chi connectivity index (χ4n) is 2.91. The second kappa shape index (κ2) is 11.5. The molecule has 1 aliphatic heterocycles. The highest BCUT2D eigenvalue weighted by atomic mass is 127. The van der Waals surface area contributed by atoms with Crippen LogP contribution in [0.4, 0.5) is 0 Å². The minimum Gasteiger partial charge on any atom is -0.494 e. The molecule has 1 aromatic carbocycles. The van der Waals surface area contributed by atoms with Crippen LogP contribution < -0.4 is 10.1 Å². The molecule has 1 N–H and O–H groups in total. The summed E-state index contributed by atoms with van der Waals surface area (Å²) < 4.78 is 11.0. The summed E-state index contributed by atoms with van der Waals surface area (Å²) in [5.74, 6) is 2.50. The summed E-state index contributed by atoms with van der Waals surface area (Å²) in [5, 5.41) is 3.40. The van der Waals surface area contributed by atoms with Gasteiger partial charge >= 0.3 is 0 Å². The number of benzene rings is 1. The van der Waals surface area contributed by atoms with Crippen LogP contribution in [0.3, 0.4) is 0 Å². The van der Waals surface area contributed by atoms with Crippen LogP contribution in [0.25, 0.3) is 0 Å². The van der Waals surface area contributed by atoms with Crippen LogP contribution in [0.5, 0.6) is 5.75 Å². The van der Waals surface area contributed by atoms with E-state index in [1.807, 2.05) is 25.1 Å². The fraction of sp³-hybridized carbons (Fsp3) is 0.611. The van der Waals surface area contributed by atoms with Gasteiger partial charge in [0.25, 0.3) is 0 Å². The topological polar surface area (TPSA) is 46.1 Å². The Morgan fingerprint density at radius 2 is 2.12 bits per heavy atom. The first-order chi connectivity index (χ1) is 11.3. The second-order valence-electron chi connectivity index (χ2n) is 5.77. The molecule has 24 heavy (non-hydrogen) atoms. The van der Waals surface area contributed by atoms with Crippen LogP contribution in [-0.2, 0) is 11.3 Å². The summed E-state index contributed by atoms with van der Waals surface area (Å²) in [6, 6.07) is 8.12. The number of guanidine groups is 1. The lowest BCUT2D eigenvalue weighted by atomic mass is 10.1. The number of likely N-dealkylation sites (tertiary alicyclic amines) is 1. The molecule has 0 spiro atoms. The predicted octanol–water partition coefficient (Wildman–Crippen LogP) is 3.14. The molecule has 5 nitrogen and oxygen atoms in total. The summed E-state index contributed by atoms with van der Waals surface area (Å²) in [5.41, 5.74) is 1.12. The van der Waals surface area contributed by atoms with E-state index >= 15 is 0 Å². The number of ether oxygens (including phenoxy) is 2. The number of hydrogen-bond donors (Lipinski definition) is 1. The van der Waals surface area contributed by atoms with E-state index in [2.05, 4.69) is 23.2 Å². The van der Waals surface area contributed by atoms with Gasteiger partial charge in [-0.25, -0.2) is 4.99 Å².